The van der Waals surface area contributed by atoms with E-state index in [2.05, 4.69) is 4.72 Å². The summed E-state index contributed by atoms with van der Waals surface area (Å²) in [6.45, 7) is 1.10. The fourth-order valence-electron chi connectivity index (χ4n) is 2.78. The van der Waals surface area contributed by atoms with Crippen molar-refractivity contribution in [1.82, 2.24) is 9.03 Å². The van der Waals surface area contributed by atoms with Crippen LogP contribution in [-0.2, 0) is 26.6 Å². The maximum atomic E-state index is 12.5. The van der Waals surface area contributed by atoms with Crippen LogP contribution < -0.4 is 4.72 Å². The first kappa shape index (κ1) is 19.3. The van der Waals surface area contributed by atoms with E-state index < -0.39 is 20.0 Å². The summed E-state index contributed by atoms with van der Waals surface area (Å²) in [5.74, 6) is 0. The summed E-state index contributed by atoms with van der Waals surface area (Å²) >= 11 is 5.89. The molecule has 0 aliphatic carbocycles. The minimum atomic E-state index is -3.75. The van der Waals surface area contributed by atoms with Gasteiger partial charge in [-0.3, -0.25) is 0 Å². The number of hydrogen-bond acceptors (Lipinski definition) is 4. The van der Waals surface area contributed by atoms with Crippen LogP contribution in [0, 0.1) is 0 Å². The SMILES string of the molecule is O=S(=O)(NCc1cccc(Cl)c1)c1ccc(S(=O)(=O)N2CCCC2)cc1. The summed E-state index contributed by atoms with van der Waals surface area (Å²) in [5.41, 5.74) is 0.731. The van der Waals surface area contributed by atoms with Crippen molar-refractivity contribution in [2.45, 2.75) is 29.2 Å². The molecule has 2 aromatic carbocycles. The number of rotatable bonds is 6. The highest BCUT2D eigenvalue weighted by atomic mass is 35.5. The zero-order valence-corrected chi connectivity index (χ0v) is 16.3. The summed E-state index contributed by atoms with van der Waals surface area (Å²) in [7, 11) is -7.31. The van der Waals surface area contributed by atoms with Crippen LogP contribution >= 0.6 is 11.6 Å². The maximum absolute atomic E-state index is 12.5. The van der Waals surface area contributed by atoms with Crippen molar-refractivity contribution in [1.29, 1.82) is 0 Å². The molecular weight excluding hydrogens is 396 g/mol. The fourth-order valence-corrected chi connectivity index (χ4v) is 5.52. The molecule has 0 bridgehead atoms. The molecule has 140 valence electrons. The molecule has 9 heteroatoms. The zero-order chi connectivity index (χ0) is 18.8. The van der Waals surface area contributed by atoms with Gasteiger partial charge in [-0.15, -0.1) is 0 Å². The molecule has 1 N–H and O–H groups in total. The van der Waals surface area contributed by atoms with Gasteiger partial charge in [0, 0.05) is 24.7 Å². The summed E-state index contributed by atoms with van der Waals surface area (Å²) in [5, 5.41) is 0.526. The number of nitrogens with zero attached hydrogens (tertiary/aromatic N) is 1. The Balaban J connectivity index is 1.74. The molecule has 6 nitrogen and oxygen atoms in total. The first-order valence-electron chi connectivity index (χ1n) is 8.13. The lowest BCUT2D eigenvalue weighted by Crippen LogP contribution is -2.28. The first-order chi connectivity index (χ1) is 12.3. The third kappa shape index (κ3) is 4.27. The Bertz CT molecular complexity index is 984. The van der Waals surface area contributed by atoms with Gasteiger partial charge in [-0.2, -0.15) is 4.31 Å². The molecule has 0 radical (unpaired) electrons. The monoisotopic (exact) mass is 414 g/mol. The second-order valence-electron chi connectivity index (χ2n) is 6.04. The number of sulfonamides is 2. The van der Waals surface area contributed by atoms with Gasteiger partial charge in [-0.05, 0) is 54.8 Å². The molecule has 1 saturated heterocycles. The van der Waals surface area contributed by atoms with E-state index in [4.69, 9.17) is 11.6 Å². The third-order valence-electron chi connectivity index (χ3n) is 4.19. The van der Waals surface area contributed by atoms with E-state index in [-0.39, 0.29) is 16.3 Å². The minimum absolute atomic E-state index is 0.0138. The first-order valence-corrected chi connectivity index (χ1v) is 11.4. The van der Waals surface area contributed by atoms with E-state index in [1.54, 1.807) is 24.3 Å². The summed E-state index contributed by atoms with van der Waals surface area (Å²) in [6.07, 6.45) is 1.69. The van der Waals surface area contributed by atoms with Gasteiger partial charge >= 0.3 is 0 Å². The number of halogens is 1. The number of nitrogens with one attached hydrogen (secondary N) is 1. The smallest absolute Gasteiger partial charge is 0.207 e. The van der Waals surface area contributed by atoms with Crippen LogP contribution in [0.25, 0.3) is 0 Å². The van der Waals surface area contributed by atoms with E-state index in [0.29, 0.717) is 18.1 Å². The van der Waals surface area contributed by atoms with Crippen LogP contribution in [0.2, 0.25) is 5.02 Å². The highest BCUT2D eigenvalue weighted by Crippen LogP contribution is 2.22. The van der Waals surface area contributed by atoms with E-state index in [1.807, 2.05) is 0 Å². The molecule has 0 unspecified atom stereocenters. The Morgan fingerprint density at radius 2 is 1.54 bits per heavy atom. The van der Waals surface area contributed by atoms with Crippen molar-refractivity contribution in [2.24, 2.45) is 0 Å². The van der Waals surface area contributed by atoms with Gasteiger partial charge in [-0.25, -0.2) is 21.6 Å². The molecule has 0 atom stereocenters. The molecule has 1 aliphatic rings. The van der Waals surface area contributed by atoms with Gasteiger partial charge in [-0.1, -0.05) is 23.7 Å². The topological polar surface area (TPSA) is 83.5 Å². The Morgan fingerprint density at radius 3 is 2.15 bits per heavy atom. The van der Waals surface area contributed by atoms with Crippen molar-refractivity contribution in [3.05, 3.63) is 59.1 Å². The van der Waals surface area contributed by atoms with Gasteiger partial charge < -0.3 is 0 Å². The molecule has 1 aliphatic heterocycles. The quantitative estimate of drug-likeness (QED) is 0.787. The highest BCUT2D eigenvalue weighted by Gasteiger charge is 2.27. The Kier molecular flexibility index (Phi) is 5.69. The average Bonchev–Trinajstić information content (AvgIpc) is 3.16. The second-order valence-corrected chi connectivity index (χ2v) is 10.2. The lowest BCUT2D eigenvalue weighted by Gasteiger charge is -2.15. The largest absolute Gasteiger partial charge is 0.243 e. The fraction of sp³-hybridized carbons (Fsp3) is 0.294. The number of benzene rings is 2. The highest BCUT2D eigenvalue weighted by molar-refractivity contribution is 7.89. The molecule has 0 saturated carbocycles. The van der Waals surface area contributed by atoms with Gasteiger partial charge in [0.15, 0.2) is 0 Å². The van der Waals surface area contributed by atoms with Crippen molar-refractivity contribution in [3.8, 4) is 0 Å². The lowest BCUT2D eigenvalue weighted by molar-refractivity contribution is 0.477. The zero-order valence-electron chi connectivity index (χ0n) is 13.9. The minimum Gasteiger partial charge on any atom is -0.207 e. The van der Waals surface area contributed by atoms with E-state index in [1.165, 1.54) is 28.6 Å². The summed E-state index contributed by atoms with van der Waals surface area (Å²) in [6, 6.07) is 12.2. The molecular formula is C17H19ClN2O4S2. The molecule has 1 fully saturated rings. The maximum Gasteiger partial charge on any atom is 0.243 e. The van der Waals surface area contributed by atoms with Gasteiger partial charge in [0.05, 0.1) is 9.79 Å². The van der Waals surface area contributed by atoms with Crippen molar-refractivity contribution >= 4 is 31.6 Å². The van der Waals surface area contributed by atoms with Gasteiger partial charge in [0.25, 0.3) is 0 Å². The van der Waals surface area contributed by atoms with Crippen molar-refractivity contribution in [2.75, 3.05) is 13.1 Å². The van der Waals surface area contributed by atoms with Crippen LogP contribution in [0.4, 0.5) is 0 Å². The van der Waals surface area contributed by atoms with Crippen molar-refractivity contribution < 1.29 is 16.8 Å². The van der Waals surface area contributed by atoms with Crippen LogP contribution in [-0.4, -0.2) is 34.2 Å². The summed E-state index contributed by atoms with van der Waals surface area (Å²) < 4.78 is 53.7. The lowest BCUT2D eigenvalue weighted by atomic mass is 10.2. The van der Waals surface area contributed by atoms with E-state index in [9.17, 15) is 16.8 Å². The van der Waals surface area contributed by atoms with Crippen LogP contribution in [0.1, 0.15) is 18.4 Å². The molecule has 3 rings (SSSR count). The normalized spacial score (nSPS) is 16.0. The van der Waals surface area contributed by atoms with Gasteiger partial charge in [0.2, 0.25) is 20.0 Å². The molecule has 0 amide bonds. The molecule has 0 aromatic heterocycles. The summed E-state index contributed by atoms with van der Waals surface area (Å²) in [4.78, 5) is 0.119. The van der Waals surface area contributed by atoms with E-state index in [0.717, 1.165) is 18.4 Å². The standard InChI is InChI=1S/C17H19ClN2O4S2/c18-15-5-3-4-14(12-15)13-19-25(21,22)16-6-8-17(9-7-16)26(23,24)20-10-1-2-11-20/h3-9,12,19H,1-2,10-11,13H2. The predicted molar refractivity (Wildman–Crippen MR) is 99.9 cm³/mol. The van der Waals surface area contributed by atoms with Gasteiger partial charge in [0.1, 0.15) is 0 Å². The van der Waals surface area contributed by atoms with Crippen LogP contribution in [0.5, 0.6) is 0 Å². The Morgan fingerprint density at radius 1 is 0.923 bits per heavy atom. The molecule has 2 aromatic rings. The average molecular weight is 415 g/mol. The predicted octanol–water partition coefficient (Wildman–Crippen LogP) is 2.60. The Labute approximate surface area is 158 Å². The van der Waals surface area contributed by atoms with Crippen LogP contribution in [0.3, 0.4) is 0 Å². The second kappa shape index (κ2) is 7.66. The number of hydrogen-bond donors (Lipinski definition) is 1. The molecule has 0 spiro atoms. The van der Waals surface area contributed by atoms with Crippen molar-refractivity contribution in [3.63, 3.8) is 0 Å². The third-order valence-corrected chi connectivity index (χ3v) is 7.76. The van der Waals surface area contributed by atoms with E-state index >= 15 is 0 Å². The Hall–Kier alpha value is -1.45. The molecule has 26 heavy (non-hydrogen) atoms. The molecule has 1 heterocycles. The van der Waals surface area contributed by atoms with Crippen LogP contribution in [0.15, 0.2) is 58.3 Å².